The van der Waals surface area contributed by atoms with E-state index < -0.39 is 0 Å². The molecule has 186 valence electrons. The van der Waals surface area contributed by atoms with Crippen LogP contribution in [0.5, 0.6) is 17.2 Å². The average Bonchev–Trinajstić information content (AvgIpc) is 3.36. The van der Waals surface area contributed by atoms with Gasteiger partial charge in [-0.2, -0.15) is 0 Å². The number of nitrogens with zero attached hydrogens (tertiary/aromatic N) is 3. The fourth-order valence-electron chi connectivity index (χ4n) is 4.27. The largest absolute Gasteiger partial charge is 0.493 e. The van der Waals surface area contributed by atoms with Crippen LogP contribution in [0.25, 0.3) is 11.3 Å². The molecule has 3 aromatic rings. The lowest BCUT2D eigenvalue weighted by Crippen LogP contribution is -2.48. The van der Waals surface area contributed by atoms with E-state index in [1.54, 1.807) is 27.5 Å². The quantitative estimate of drug-likeness (QED) is 0.434. The van der Waals surface area contributed by atoms with Crippen molar-refractivity contribution in [3.8, 4) is 28.6 Å². The minimum Gasteiger partial charge on any atom is -0.493 e. The van der Waals surface area contributed by atoms with Crippen molar-refractivity contribution >= 4 is 17.5 Å². The van der Waals surface area contributed by atoms with Crippen LogP contribution in [0, 0.1) is 0 Å². The molecular formula is C26H30ClN3O5. The van der Waals surface area contributed by atoms with Crippen molar-refractivity contribution in [2.45, 2.75) is 19.4 Å². The molecule has 1 saturated heterocycles. The second-order valence-corrected chi connectivity index (χ2v) is 8.66. The lowest BCUT2D eigenvalue weighted by molar-refractivity contribution is -0.133. The highest BCUT2D eigenvalue weighted by atomic mass is 35.5. The van der Waals surface area contributed by atoms with Crippen LogP contribution in [0.1, 0.15) is 17.9 Å². The molecule has 0 bridgehead atoms. The third-order valence-electron chi connectivity index (χ3n) is 6.15. The number of hydrogen-bond acceptors (Lipinski definition) is 7. The van der Waals surface area contributed by atoms with Crippen molar-refractivity contribution < 1.29 is 23.4 Å². The summed E-state index contributed by atoms with van der Waals surface area (Å²) in [5.74, 6) is 3.14. The molecule has 1 fully saturated rings. The summed E-state index contributed by atoms with van der Waals surface area (Å²) in [5.41, 5.74) is 1.81. The van der Waals surface area contributed by atoms with Gasteiger partial charge in [0.15, 0.2) is 23.1 Å². The van der Waals surface area contributed by atoms with Crippen LogP contribution in [0.15, 0.2) is 47.0 Å². The van der Waals surface area contributed by atoms with E-state index >= 15 is 0 Å². The molecule has 2 heterocycles. The van der Waals surface area contributed by atoms with Gasteiger partial charge in [0.2, 0.25) is 11.7 Å². The number of methoxy groups -OCH3 is 3. The lowest BCUT2D eigenvalue weighted by Gasteiger charge is -2.35. The molecule has 1 aromatic heterocycles. The van der Waals surface area contributed by atoms with E-state index in [2.05, 4.69) is 9.88 Å². The molecule has 0 saturated carbocycles. The Hall–Kier alpha value is -3.23. The van der Waals surface area contributed by atoms with E-state index in [4.69, 9.17) is 30.2 Å². The van der Waals surface area contributed by atoms with E-state index in [1.165, 1.54) is 0 Å². The van der Waals surface area contributed by atoms with E-state index in [-0.39, 0.29) is 5.91 Å². The van der Waals surface area contributed by atoms with Crippen molar-refractivity contribution in [1.82, 2.24) is 14.8 Å². The highest BCUT2D eigenvalue weighted by Gasteiger charge is 2.24. The van der Waals surface area contributed by atoms with Crippen molar-refractivity contribution in [3.05, 3.63) is 59.1 Å². The molecule has 1 amide bonds. The van der Waals surface area contributed by atoms with Crippen LogP contribution in [-0.2, 0) is 17.8 Å². The molecule has 0 spiro atoms. The van der Waals surface area contributed by atoms with Gasteiger partial charge in [-0.25, -0.2) is 4.98 Å². The summed E-state index contributed by atoms with van der Waals surface area (Å²) in [6, 6.07) is 11.3. The summed E-state index contributed by atoms with van der Waals surface area (Å²) in [5, 5.41) is 0.606. The molecule has 35 heavy (non-hydrogen) atoms. The summed E-state index contributed by atoms with van der Waals surface area (Å²) in [6.07, 6.45) is 2.46. The van der Waals surface area contributed by atoms with Gasteiger partial charge in [0.1, 0.15) is 0 Å². The third kappa shape index (κ3) is 5.71. The molecule has 4 rings (SSSR count). The topological polar surface area (TPSA) is 77.3 Å². The predicted molar refractivity (Wildman–Crippen MR) is 133 cm³/mol. The summed E-state index contributed by atoms with van der Waals surface area (Å²) >= 11 is 6.23. The number of carbonyl (C=O) groups excluding carboxylic acids is 1. The number of aromatic nitrogens is 1. The van der Waals surface area contributed by atoms with Crippen LogP contribution in [0.3, 0.4) is 0 Å². The van der Waals surface area contributed by atoms with Gasteiger partial charge in [0, 0.05) is 56.7 Å². The predicted octanol–water partition coefficient (Wildman–Crippen LogP) is 4.30. The Morgan fingerprint density at radius 1 is 1.00 bits per heavy atom. The first-order valence-electron chi connectivity index (χ1n) is 11.5. The number of hydrogen-bond donors (Lipinski definition) is 0. The highest BCUT2D eigenvalue weighted by Crippen LogP contribution is 2.40. The van der Waals surface area contributed by atoms with Gasteiger partial charge in [-0.05, 0) is 18.2 Å². The van der Waals surface area contributed by atoms with Crippen molar-refractivity contribution in [2.75, 3.05) is 47.5 Å². The number of halogens is 1. The zero-order chi connectivity index (χ0) is 24.8. The maximum absolute atomic E-state index is 12.8. The van der Waals surface area contributed by atoms with E-state index in [1.807, 2.05) is 41.3 Å². The molecule has 0 unspecified atom stereocenters. The summed E-state index contributed by atoms with van der Waals surface area (Å²) in [7, 11) is 4.83. The second kappa shape index (κ2) is 11.5. The summed E-state index contributed by atoms with van der Waals surface area (Å²) in [4.78, 5) is 21.3. The third-order valence-corrected chi connectivity index (χ3v) is 6.48. The van der Waals surface area contributed by atoms with Gasteiger partial charge in [0.05, 0.1) is 32.5 Å². The Bertz CT molecular complexity index is 1160. The van der Waals surface area contributed by atoms with Crippen molar-refractivity contribution in [3.63, 3.8) is 0 Å². The lowest BCUT2D eigenvalue weighted by atomic mass is 10.1. The first-order valence-corrected chi connectivity index (χ1v) is 11.9. The van der Waals surface area contributed by atoms with Crippen LogP contribution in [0.4, 0.5) is 0 Å². The molecule has 1 aliphatic heterocycles. The maximum atomic E-state index is 12.8. The molecule has 0 N–H and O–H groups in total. The Morgan fingerprint density at radius 3 is 2.43 bits per heavy atom. The monoisotopic (exact) mass is 499 g/mol. The molecule has 2 aromatic carbocycles. The molecule has 0 radical (unpaired) electrons. The first kappa shape index (κ1) is 24.9. The van der Waals surface area contributed by atoms with Gasteiger partial charge in [-0.3, -0.25) is 9.69 Å². The Morgan fingerprint density at radius 2 is 1.74 bits per heavy atom. The van der Waals surface area contributed by atoms with Crippen LogP contribution in [0.2, 0.25) is 5.02 Å². The average molecular weight is 500 g/mol. The zero-order valence-electron chi connectivity index (χ0n) is 20.3. The summed E-state index contributed by atoms with van der Waals surface area (Å²) < 4.78 is 22.3. The minimum atomic E-state index is 0.103. The smallest absolute Gasteiger partial charge is 0.223 e. The number of oxazole rings is 1. The maximum Gasteiger partial charge on any atom is 0.223 e. The molecule has 1 aliphatic rings. The second-order valence-electron chi connectivity index (χ2n) is 8.25. The van der Waals surface area contributed by atoms with Crippen LogP contribution >= 0.6 is 11.6 Å². The fourth-order valence-corrected chi connectivity index (χ4v) is 4.50. The van der Waals surface area contributed by atoms with E-state index in [9.17, 15) is 4.79 Å². The van der Waals surface area contributed by atoms with Gasteiger partial charge in [-0.15, -0.1) is 0 Å². The van der Waals surface area contributed by atoms with Gasteiger partial charge < -0.3 is 23.5 Å². The Balaban J connectivity index is 1.29. The number of piperazine rings is 1. The number of rotatable bonds is 9. The number of benzene rings is 2. The first-order chi connectivity index (χ1) is 17.0. The number of amides is 1. The van der Waals surface area contributed by atoms with Gasteiger partial charge >= 0.3 is 0 Å². The fraction of sp³-hybridized carbons (Fsp3) is 0.385. The number of aryl methyl sites for hydroxylation is 1. The van der Waals surface area contributed by atoms with E-state index in [0.29, 0.717) is 66.4 Å². The van der Waals surface area contributed by atoms with Crippen molar-refractivity contribution in [1.29, 1.82) is 0 Å². The summed E-state index contributed by atoms with van der Waals surface area (Å²) in [6.45, 7) is 3.60. The Kier molecular flexibility index (Phi) is 8.15. The number of ether oxygens (including phenoxy) is 3. The highest BCUT2D eigenvalue weighted by molar-refractivity contribution is 6.33. The zero-order valence-corrected chi connectivity index (χ0v) is 21.0. The molecule has 9 heteroatoms. The van der Waals surface area contributed by atoms with Crippen LogP contribution < -0.4 is 14.2 Å². The molecular weight excluding hydrogens is 470 g/mol. The van der Waals surface area contributed by atoms with E-state index in [0.717, 1.165) is 24.2 Å². The molecule has 0 atom stereocenters. The molecule has 0 aliphatic carbocycles. The van der Waals surface area contributed by atoms with Gasteiger partial charge in [-0.1, -0.05) is 29.8 Å². The molecule has 8 nitrogen and oxygen atoms in total. The van der Waals surface area contributed by atoms with Crippen molar-refractivity contribution in [2.24, 2.45) is 0 Å². The van der Waals surface area contributed by atoms with Crippen LogP contribution in [-0.4, -0.2) is 68.2 Å². The van der Waals surface area contributed by atoms with Gasteiger partial charge in [0.25, 0.3) is 0 Å². The SMILES string of the molecule is COc1ccc(CN2CCN(C(=O)CCc3ncc(-c4ccccc4Cl)o3)CC2)c(OC)c1OC. The number of carbonyl (C=O) groups is 1. The minimum absolute atomic E-state index is 0.103. The normalized spacial score (nSPS) is 14.1. The standard InChI is InChI=1S/C26H30ClN3O5/c1-32-21-9-8-18(25(33-2)26(21)34-3)17-29-12-14-30(15-13-29)24(31)11-10-23-28-16-22(35-23)19-6-4-5-7-20(19)27/h4-9,16H,10-15,17H2,1-3H3. The Labute approximate surface area is 210 Å².